The van der Waals surface area contributed by atoms with E-state index in [1.807, 2.05) is 0 Å². The summed E-state index contributed by atoms with van der Waals surface area (Å²) in [5.41, 5.74) is 0. The Morgan fingerprint density at radius 1 is 1.20 bits per heavy atom. The molecule has 1 heterocycles. The number of rotatable bonds is 0. The molecule has 0 bridgehead atoms. The quantitative estimate of drug-likeness (QED) is 0.418. The minimum absolute atomic E-state index is 2.07. The lowest BCUT2D eigenvalue weighted by atomic mass is 11.5. The van der Waals surface area contributed by atoms with Gasteiger partial charge in [-0.25, -0.2) is 0 Å². The maximum Gasteiger partial charge on any atom is 0.306 e. The monoisotopic (exact) mass is 68.0 g/mol. The standard InChI is InChI=1S/C2N2O/c1-3-4-2-5-1. The fourth-order valence-electron chi connectivity index (χ4n) is 0.102. The molecule has 0 saturated carbocycles. The van der Waals surface area contributed by atoms with Gasteiger partial charge in [-0.2, -0.15) is 0 Å². The lowest BCUT2D eigenvalue weighted by Crippen LogP contribution is -1.55. The zero-order valence-corrected chi connectivity index (χ0v) is 2.30. The molecule has 0 fully saturated rings. The van der Waals surface area contributed by atoms with Crippen LogP contribution < -0.4 is 0 Å². The van der Waals surface area contributed by atoms with Gasteiger partial charge in [0.15, 0.2) is 0 Å². The largest absolute Gasteiger partial charge is 0.408 e. The average molecular weight is 68.0 g/mol. The third-order valence-electron chi connectivity index (χ3n) is 0.223. The van der Waals surface area contributed by atoms with Crippen molar-refractivity contribution in [3.8, 4) is 0 Å². The molecule has 0 atom stereocenters. The summed E-state index contributed by atoms with van der Waals surface area (Å²) in [5, 5.41) is 6.25. The van der Waals surface area contributed by atoms with Gasteiger partial charge in [0.1, 0.15) is 0 Å². The summed E-state index contributed by atoms with van der Waals surface area (Å²) in [6.45, 7) is 0. The van der Waals surface area contributed by atoms with Crippen LogP contribution in [0.5, 0.6) is 0 Å². The van der Waals surface area contributed by atoms with Crippen LogP contribution in [0.25, 0.3) is 0 Å². The fourth-order valence-corrected chi connectivity index (χ4v) is 0.102. The summed E-state index contributed by atoms with van der Waals surface area (Å²) in [6, 6.07) is 0. The van der Waals surface area contributed by atoms with E-state index in [9.17, 15) is 0 Å². The topological polar surface area (TPSA) is 38.9 Å². The van der Waals surface area contributed by atoms with Crippen LogP contribution >= 0.6 is 0 Å². The first-order valence-electron chi connectivity index (χ1n) is 1.06. The highest BCUT2D eigenvalue weighted by Gasteiger charge is 1.66. The highest BCUT2D eigenvalue weighted by Crippen LogP contribution is 1.60. The molecule has 24 valence electrons. The van der Waals surface area contributed by atoms with E-state index in [1.165, 1.54) is 0 Å². The van der Waals surface area contributed by atoms with E-state index < -0.39 is 0 Å². The molecular weight excluding hydrogens is 68.0 g/mol. The van der Waals surface area contributed by atoms with Crippen LogP contribution in [-0.4, -0.2) is 10.2 Å². The second-order valence-electron chi connectivity index (χ2n) is 0.485. The van der Waals surface area contributed by atoms with Crippen molar-refractivity contribution >= 4 is 0 Å². The predicted octanol–water partition coefficient (Wildman–Crippen LogP) is -0.330. The van der Waals surface area contributed by atoms with Gasteiger partial charge in [-0.1, -0.05) is 0 Å². The van der Waals surface area contributed by atoms with Crippen molar-refractivity contribution in [2.45, 2.75) is 0 Å². The second-order valence-corrected chi connectivity index (χ2v) is 0.485. The Kier molecular flexibility index (Phi) is 0.400. The third-order valence-corrected chi connectivity index (χ3v) is 0.223. The molecule has 1 aromatic heterocycles. The van der Waals surface area contributed by atoms with E-state index in [4.69, 9.17) is 0 Å². The Balaban J connectivity index is 3.13. The second kappa shape index (κ2) is 0.839. The Labute approximate surface area is 28.6 Å². The first-order valence-corrected chi connectivity index (χ1v) is 1.06. The molecule has 1 rings (SSSR count). The van der Waals surface area contributed by atoms with Crippen LogP contribution in [0.4, 0.5) is 0 Å². The van der Waals surface area contributed by atoms with Crippen LogP contribution in [0.2, 0.25) is 0 Å². The van der Waals surface area contributed by atoms with Crippen LogP contribution in [0.15, 0.2) is 4.42 Å². The fraction of sp³-hybridized carbons (Fsp3) is 0. The van der Waals surface area contributed by atoms with Crippen molar-refractivity contribution in [3.05, 3.63) is 12.8 Å². The first kappa shape index (κ1) is 2.38. The molecule has 0 aromatic carbocycles. The van der Waals surface area contributed by atoms with Crippen LogP contribution in [0.3, 0.4) is 0 Å². The minimum atomic E-state index is 2.07. The number of aromatic nitrogens is 2. The maximum atomic E-state index is 4.11. The lowest BCUT2D eigenvalue weighted by Gasteiger charge is -1.38. The van der Waals surface area contributed by atoms with Gasteiger partial charge in [0, 0.05) is 0 Å². The molecule has 3 nitrogen and oxygen atoms in total. The van der Waals surface area contributed by atoms with Crippen molar-refractivity contribution in [3.63, 3.8) is 0 Å². The number of hydrogen-bond donors (Lipinski definition) is 0. The number of nitrogens with zero attached hydrogens (tertiary/aromatic N) is 2. The zero-order chi connectivity index (χ0) is 3.54. The molecule has 0 N–H and O–H groups in total. The molecule has 2 radical (unpaired) electrons. The van der Waals surface area contributed by atoms with E-state index in [0.29, 0.717) is 0 Å². The van der Waals surface area contributed by atoms with Gasteiger partial charge in [0.05, 0.1) is 0 Å². The van der Waals surface area contributed by atoms with Crippen molar-refractivity contribution in [1.82, 2.24) is 10.2 Å². The van der Waals surface area contributed by atoms with Gasteiger partial charge in [-0.15, -0.1) is 10.2 Å². The molecule has 0 saturated heterocycles. The molecule has 0 aliphatic carbocycles. The van der Waals surface area contributed by atoms with Gasteiger partial charge in [0.25, 0.3) is 0 Å². The van der Waals surface area contributed by atoms with Gasteiger partial charge in [-0.3, -0.25) is 0 Å². The van der Waals surface area contributed by atoms with Gasteiger partial charge < -0.3 is 4.42 Å². The van der Waals surface area contributed by atoms with Crippen molar-refractivity contribution in [1.29, 1.82) is 0 Å². The van der Waals surface area contributed by atoms with Crippen molar-refractivity contribution < 1.29 is 4.42 Å². The highest BCUT2D eigenvalue weighted by atomic mass is 16.3. The smallest absolute Gasteiger partial charge is 0.306 e. The Morgan fingerprint density at radius 2 is 1.80 bits per heavy atom. The molecule has 1 aromatic rings. The molecule has 0 aliphatic heterocycles. The summed E-state index contributed by atoms with van der Waals surface area (Å²) < 4.78 is 4.11. The van der Waals surface area contributed by atoms with Crippen molar-refractivity contribution in [2.24, 2.45) is 0 Å². The lowest BCUT2D eigenvalue weighted by molar-refractivity contribution is 0.534. The van der Waals surface area contributed by atoms with Gasteiger partial charge in [0.2, 0.25) is 0 Å². The molecular formula is C2N2O. The van der Waals surface area contributed by atoms with Crippen LogP contribution in [0.1, 0.15) is 0 Å². The summed E-state index contributed by atoms with van der Waals surface area (Å²) >= 11 is 0. The summed E-state index contributed by atoms with van der Waals surface area (Å²) in [5.74, 6) is 0. The SMILES string of the molecule is [c]1nn[c]o1. The molecule has 0 amide bonds. The maximum absolute atomic E-state index is 4.11. The molecule has 3 heteroatoms. The van der Waals surface area contributed by atoms with E-state index in [1.54, 1.807) is 0 Å². The third kappa shape index (κ3) is 0.238. The zero-order valence-electron chi connectivity index (χ0n) is 2.30. The van der Waals surface area contributed by atoms with Crippen LogP contribution in [-0.2, 0) is 0 Å². The van der Waals surface area contributed by atoms with E-state index in [2.05, 4.69) is 27.4 Å². The summed E-state index contributed by atoms with van der Waals surface area (Å²) in [6.07, 6.45) is 4.14. The number of hydrogen-bond acceptors (Lipinski definition) is 3. The molecule has 5 heavy (non-hydrogen) atoms. The van der Waals surface area contributed by atoms with E-state index >= 15 is 0 Å². The minimum Gasteiger partial charge on any atom is -0.408 e. The predicted molar refractivity (Wildman–Crippen MR) is 12.0 cm³/mol. The first-order chi connectivity index (χ1) is 2.50. The normalized spacial score (nSPS) is 8.00. The molecule has 0 spiro atoms. The Hall–Kier alpha value is -0.860. The van der Waals surface area contributed by atoms with E-state index in [-0.39, 0.29) is 0 Å². The summed E-state index contributed by atoms with van der Waals surface area (Å²) in [4.78, 5) is 0. The van der Waals surface area contributed by atoms with Crippen molar-refractivity contribution in [2.75, 3.05) is 0 Å². The van der Waals surface area contributed by atoms with Gasteiger partial charge in [-0.05, 0) is 0 Å². The van der Waals surface area contributed by atoms with E-state index in [0.717, 1.165) is 0 Å². The molecule has 0 unspecified atom stereocenters. The molecule has 0 aliphatic rings. The highest BCUT2D eigenvalue weighted by molar-refractivity contribution is 4.22. The average Bonchev–Trinajstić information content (AvgIpc) is 1.76. The Bertz CT molecular complexity index is 64.1. The summed E-state index contributed by atoms with van der Waals surface area (Å²) in [7, 11) is 0. The van der Waals surface area contributed by atoms with Gasteiger partial charge >= 0.3 is 12.8 Å². The Morgan fingerprint density at radius 3 is 2.00 bits per heavy atom. The van der Waals surface area contributed by atoms with Crippen LogP contribution in [0, 0.1) is 12.8 Å².